The van der Waals surface area contributed by atoms with Gasteiger partial charge in [0.25, 0.3) is 5.91 Å². The third-order valence-electron chi connectivity index (χ3n) is 4.86. The van der Waals surface area contributed by atoms with Gasteiger partial charge in [-0.15, -0.1) is 0 Å². The maximum Gasteiger partial charge on any atom is 0.303 e. The highest BCUT2D eigenvalue weighted by Gasteiger charge is 2.31. The molecule has 0 spiro atoms. The number of rotatable bonds is 10. The van der Waals surface area contributed by atoms with E-state index in [1.807, 2.05) is 48.5 Å². The van der Waals surface area contributed by atoms with Crippen molar-refractivity contribution in [1.82, 2.24) is 10.2 Å². The molecule has 1 fully saturated rings. The molecule has 0 aromatic heterocycles. The van der Waals surface area contributed by atoms with E-state index in [2.05, 4.69) is 17.4 Å². The van der Waals surface area contributed by atoms with Crippen molar-refractivity contribution in [3.63, 3.8) is 0 Å². The lowest BCUT2D eigenvalue weighted by atomic mass is 10.0. The number of benzene rings is 2. The molecule has 2 aromatic carbocycles. The molecular formula is C24H24N2O4S2. The van der Waals surface area contributed by atoms with Gasteiger partial charge in [-0.05, 0) is 35.6 Å². The summed E-state index contributed by atoms with van der Waals surface area (Å²) in [6.07, 6.45) is 2.99. The van der Waals surface area contributed by atoms with Gasteiger partial charge >= 0.3 is 5.97 Å². The Morgan fingerprint density at radius 3 is 2.38 bits per heavy atom. The molecule has 2 aromatic rings. The molecule has 0 aliphatic carbocycles. The van der Waals surface area contributed by atoms with E-state index in [9.17, 15) is 14.4 Å². The summed E-state index contributed by atoms with van der Waals surface area (Å²) >= 11 is 6.62. The van der Waals surface area contributed by atoms with Gasteiger partial charge in [-0.2, -0.15) is 0 Å². The molecule has 2 amide bonds. The van der Waals surface area contributed by atoms with Crippen molar-refractivity contribution in [2.24, 2.45) is 0 Å². The van der Waals surface area contributed by atoms with Gasteiger partial charge in [0.05, 0.1) is 4.91 Å². The largest absolute Gasteiger partial charge is 0.481 e. The minimum Gasteiger partial charge on any atom is -0.481 e. The van der Waals surface area contributed by atoms with Crippen molar-refractivity contribution in [2.75, 3.05) is 13.1 Å². The van der Waals surface area contributed by atoms with E-state index < -0.39 is 5.97 Å². The van der Waals surface area contributed by atoms with Gasteiger partial charge in [0.1, 0.15) is 4.32 Å². The zero-order valence-electron chi connectivity index (χ0n) is 17.5. The molecule has 2 N–H and O–H groups in total. The first-order valence-corrected chi connectivity index (χ1v) is 11.6. The number of amides is 2. The predicted octanol–water partition coefficient (Wildman–Crippen LogP) is 4.32. The van der Waals surface area contributed by atoms with Crippen molar-refractivity contribution in [2.45, 2.75) is 25.7 Å². The molecule has 0 unspecified atom stereocenters. The number of carbonyl (C=O) groups excluding carboxylic acids is 2. The fraction of sp³-hybridized carbons (Fsp3) is 0.250. The SMILES string of the molecule is O=C(O)CCCNC(=O)CCCN1C(=O)/C(=C/c2ccc(-c3ccccc3)cc2)SC1=S. The Bertz CT molecular complexity index is 1020. The van der Waals surface area contributed by atoms with Gasteiger partial charge in [0.2, 0.25) is 5.91 Å². The summed E-state index contributed by atoms with van der Waals surface area (Å²) in [5.41, 5.74) is 3.17. The van der Waals surface area contributed by atoms with Gasteiger partial charge < -0.3 is 10.4 Å². The molecule has 1 aliphatic heterocycles. The van der Waals surface area contributed by atoms with Gasteiger partial charge in [-0.3, -0.25) is 19.3 Å². The summed E-state index contributed by atoms with van der Waals surface area (Å²) in [5.74, 6) is -1.18. The molecule has 32 heavy (non-hydrogen) atoms. The van der Waals surface area contributed by atoms with Crippen LogP contribution in [-0.2, 0) is 14.4 Å². The normalized spacial score (nSPS) is 14.8. The van der Waals surface area contributed by atoms with Crippen molar-refractivity contribution in [1.29, 1.82) is 0 Å². The zero-order chi connectivity index (χ0) is 22.9. The number of carbonyl (C=O) groups is 3. The number of aliphatic carboxylic acids is 1. The van der Waals surface area contributed by atoms with Crippen LogP contribution in [0.1, 0.15) is 31.2 Å². The second kappa shape index (κ2) is 11.6. The average molecular weight is 469 g/mol. The minimum absolute atomic E-state index is 0.0259. The number of nitrogens with one attached hydrogen (secondary N) is 1. The molecule has 6 nitrogen and oxygen atoms in total. The van der Waals surface area contributed by atoms with Crippen LogP contribution in [0, 0.1) is 0 Å². The van der Waals surface area contributed by atoms with Crippen LogP contribution in [0.5, 0.6) is 0 Å². The smallest absolute Gasteiger partial charge is 0.303 e. The zero-order valence-corrected chi connectivity index (χ0v) is 19.1. The van der Waals surface area contributed by atoms with Crippen LogP contribution in [0.3, 0.4) is 0 Å². The number of thiocarbonyl (C=S) groups is 1. The fourth-order valence-corrected chi connectivity index (χ4v) is 4.51. The Morgan fingerprint density at radius 2 is 1.69 bits per heavy atom. The maximum absolute atomic E-state index is 12.8. The average Bonchev–Trinajstić information content (AvgIpc) is 3.05. The van der Waals surface area contributed by atoms with Crippen LogP contribution < -0.4 is 5.32 Å². The van der Waals surface area contributed by atoms with E-state index in [1.165, 1.54) is 16.7 Å². The molecule has 1 aliphatic rings. The number of carboxylic acids is 1. The second-order valence-electron chi connectivity index (χ2n) is 7.27. The molecule has 0 saturated carbocycles. The number of hydrogen-bond acceptors (Lipinski definition) is 5. The van der Waals surface area contributed by atoms with Crippen LogP contribution in [-0.4, -0.2) is 45.2 Å². The number of hydrogen-bond donors (Lipinski definition) is 2. The molecule has 3 rings (SSSR count). The number of thioether (sulfide) groups is 1. The molecule has 8 heteroatoms. The van der Waals surface area contributed by atoms with E-state index in [-0.39, 0.29) is 24.7 Å². The van der Waals surface area contributed by atoms with Crippen molar-refractivity contribution in [3.8, 4) is 11.1 Å². The first-order chi connectivity index (χ1) is 15.4. The predicted molar refractivity (Wildman–Crippen MR) is 131 cm³/mol. The lowest BCUT2D eigenvalue weighted by molar-refractivity contribution is -0.137. The number of nitrogens with zero attached hydrogens (tertiary/aromatic N) is 1. The van der Waals surface area contributed by atoms with Crippen molar-refractivity contribution in [3.05, 3.63) is 65.1 Å². The Balaban J connectivity index is 1.50. The molecule has 1 heterocycles. The summed E-state index contributed by atoms with van der Waals surface area (Å²) in [6, 6.07) is 18.1. The summed E-state index contributed by atoms with van der Waals surface area (Å²) in [7, 11) is 0. The summed E-state index contributed by atoms with van der Waals surface area (Å²) in [6.45, 7) is 0.704. The van der Waals surface area contributed by atoms with Gasteiger partial charge in [-0.25, -0.2) is 0 Å². The Hall–Kier alpha value is -2.97. The number of carboxylic acid groups (broad SMARTS) is 1. The van der Waals surface area contributed by atoms with Crippen LogP contribution in [0.4, 0.5) is 0 Å². The van der Waals surface area contributed by atoms with E-state index in [0.717, 1.165) is 16.7 Å². The van der Waals surface area contributed by atoms with E-state index in [4.69, 9.17) is 17.3 Å². The molecule has 0 atom stereocenters. The van der Waals surface area contributed by atoms with Crippen molar-refractivity contribution >= 4 is 52.2 Å². The lowest BCUT2D eigenvalue weighted by Crippen LogP contribution is -2.31. The summed E-state index contributed by atoms with van der Waals surface area (Å²) in [4.78, 5) is 37.2. The van der Waals surface area contributed by atoms with E-state index in [1.54, 1.807) is 0 Å². The molecule has 0 radical (unpaired) electrons. The Kier molecular flexibility index (Phi) is 8.58. The molecular weight excluding hydrogens is 444 g/mol. The molecule has 166 valence electrons. The first-order valence-electron chi connectivity index (χ1n) is 10.3. The monoisotopic (exact) mass is 468 g/mol. The summed E-state index contributed by atoms with van der Waals surface area (Å²) < 4.78 is 0.490. The minimum atomic E-state index is -0.881. The highest BCUT2D eigenvalue weighted by atomic mass is 32.2. The first kappa shape index (κ1) is 23.7. The van der Waals surface area contributed by atoms with E-state index >= 15 is 0 Å². The standard InChI is InChI=1S/C24H24N2O4S2/c27-21(25-14-4-9-22(28)29)8-5-15-26-23(30)20(32-24(26)31)16-17-10-12-19(13-11-17)18-6-2-1-3-7-18/h1-3,6-7,10-13,16H,4-5,8-9,14-15H2,(H,25,27)(H,28,29)/b20-16-. The van der Waals surface area contributed by atoms with Crippen LogP contribution in [0.25, 0.3) is 17.2 Å². The maximum atomic E-state index is 12.8. The topological polar surface area (TPSA) is 86.7 Å². The van der Waals surface area contributed by atoms with Gasteiger partial charge in [-0.1, -0.05) is 78.6 Å². The highest BCUT2D eigenvalue weighted by molar-refractivity contribution is 8.26. The van der Waals surface area contributed by atoms with Crippen LogP contribution >= 0.6 is 24.0 Å². The Labute approximate surface area is 196 Å². The van der Waals surface area contributed by atoms with Crippen LogP contribution in [0.15, 0.2) is 59.5 Å². The van der Waals surface area contributed by atoms with Gasteiger partial charge in [0, 0.05) is 25.9 Å². The molecule has 1 saturated heterocycles. The molecule has 0 bridgehead atoms. The highest BCUT2D eigenvalue weighted by Crippen LogP contribution is 2.33. The summed E-state index contributed by atoms with van der Waals surface area (Å²) in [5, 5.41) is 11.3. The van der Waals surface area contributed by atoms with Crippen molar-refractivity contribution < 1.29 is 19.5 Å². The fourth-order valence-electron chi connectivity index (χ4n) is 3.20. The lowest BCUT2D eigenvalue weighted by Gasteiger charge is -2.14. The van der Waals surface area contributed by atoms with Crippen LogP contribution in [0.2, 0.25) is 0 Å². The Morgan fingerprint density at radius 1 is 1.00 bits per heavy atom. The van der Waals surface area contributed by atoms with E-state index in [0.29, 0.717) is 35.2 Å². The van der Waals surface area contributed by atoms with Gasteiger partial charge in [0.15, 0.2) is 0 Å². The third-order valence-corrected chi connectivity index (χ3v) is 6.24. The third kappa shape index (κ3) is 6.77. The quantitative estimate of drug-likeness (QED) is 0.307. The second-order valence-corrected chi connectivity index (χ2v) is 8.95.